The van der Waals surface area contributed by atoms with Crippen LogP contribution in [0.4, 0.5) is 4.39 Å². The van der Waals surface area contributed by atoms with Crippen molar-refractivity contribution in [1.82, 2.24) is 4.98 Å². The smallest absolute Gasteiger partial charge is 0.229 e. The molecule has 0 fully saturated rings. The Morgan fingerprint density at radius 1 is 1.36 bits per heavy atom. The van der Waals surface area contributed by atoms with E-state index < -0.39 is 0 Å². The number of hydrogen-bond donors (Lipinski definition) is 0. The van der Waals surface area contributed by atoms with Gasteiger partial charge in [0, 0.05) is 0 Å². The Morgan fingerprint density at radius 3 is 2.79 bits per heavy atom. The second-order valence-electron chi connectivity index (χ2n) is 2.75. The van der Waals surface area contributed by atoms with Gasteiger partial charge in [0.25, 0.3) is 0 Å². The van der Waals surface area contributed by atoms with Crippen molar-refractivity contribution in [3.8, 4) is 11.5 Å². The first kappa shape index (κ1) is 9.40. The van der Waals surface area contributed by atoms with Crippen LogP contribution < -0.4 is 0 Å². The molecule has 0 unspecified atom stereocenters. The number of hydrogen-bond acceptors (Lipinski definition) is 2. The maximum Gasteiger partial charge on any atom is 0.229 e. The minimum atomic E-state index is -0.324. The molecular weight excluding hydrogens is 249 g/mol. The van der Waals surface area contributed by atoms with Crippen molar-refractivity contribution in [2.24, 2.45) is 0 Å². The van der Waals surface area contributed by atoms with Gasteiger partial charge in [-0.3, -0.25) is 0 Å². The quantitative estimate of drug-likeness (QED) is 0.770. The molecule has 0 amide bonds. The summed E-state index contributed by atoms with van der Waals surface area (Å²) in [5.41, 5.74) is 0.389. The SMILES string of the molecule is Fc1ccccc1-c1ncc(CBr)o1. The molecule has 0 saturated heterocycles. The van der Waals surface area contributed by atoms with Gasteiger partial charge in [0.05, 0.1) is 17.1 Å². The molecule has 2 rings (SSSR count). The van der Waals surface area contributed by atoms with Gasteiger partial charge in [-0.1, -0.05) is 28.1 Å². The van der Waals surface area contributed by atoms with Crippen molar-refractivity contribution < 1.29 is 8.81 Å². The van der Waals surface area contributed by atoms with E-state index in [1.165, 1.54) is 6.07 Å². The van der Waals surface area contributed by atoms with Crippen LogP contribution in [0.5, 0.6) is 0 Å². The zero-order chi connectivity index (χ0) is 9.97. The zero-order valence-electron chi connectivity index (χ0n) is 7.21. The topological polar surface area (TPSA) is 26.0 Å². The van der Waals surface area contributed by atoms with Crippen LogP contribution in [-0.2, 0) is 5.33 Å². The average molecular weight is 256 g/mol. The molecule has 0 N–H and O–H groups in total. The Balaban J connectivity index is 2.44. The van der Waals surface area contributed by atoms with E-state index in [0.29, 0.717) is 22.5 Å². The Bertz CT molecular complexity index is 441. The molecule has 0 aliphatic rings. The van der Waals surface area contributed by atoms with Crippen LogP contribution in [0.1, 0.15) is 5.76 Å². The molecule has 1 heterocycles. The molecule has 0 radical (unpaired) electrons. The summed E-state index contributed by atoms with van der Waals surface area (Å²) in [6.45, 7) is 0. The predicted octanol–water partition coefficient (Wildman–Crippen LogP) is 3.38. The normalized spacial score (nSPS) is 10.4. The highest BCUT2D eigenvalue weighted by Gasteiger charge is 2.09. The molecule has 72 valence electrons. The summed E-state index contributed by atoms with van der Waals surface area (Å²) >= 11 is 3.23. The van der Waals surface area contributed by atoms with Crippen LogP contribution in [-0.4, -0.2) is 4.98 Å². The van der Waals surface area contributed by atoms with Crippen molar-refractivity contribution in [3.05, 3.63) is 42.0 Å². The fourth-order valence-electron chi connectivity index (χ4n) is 1.13. The molecule has 2 aromatic rings. The van der Waals surface area contributed by atoms with Crippen LogP contribution in [0.3, 0.4) is 0 Å². The first-order valence-corrected chi connectivity index (χ1v) is 5.19. The molecule has 1 aromatic carbocycles. The lowest BCUT2D eigenvalue weighted by Crippen LogP contribution is -1.82. The van der Waals surface area contributed by atoms with Gasteiger partial charge in [-0.05, 0) is 12.1 Å². The lowest BCUT2D eigenvalue weighted by atomic mass is 10.2. The van der Waals surface area contributed by atoms with E-state index in [4.69, 9.17) is 4.42 Å². The molecule has 14 heavy (non-hydrogen) atoms. The summed E-state index contributed by atoms with van der Waals surface area (Å²) in [6, 6.07) is 6.40. The Hall–Kier alpha value is -1.16. The summed E-state index contributed by atoms with van der Waals surface area (Å²) in [5, 5.41) is 0.578. The Labute approximate surface area is 88.9 Å². The van der Waals surface area contributed by atoms with Crippen LogP contribution in [0.15, 0.2) is 34.9 Å². The zero-order valence-corrected chi connectivity index (χ0v) is 8.79. The first-order valence-electron chi connectivity index (χ1n) is 4.07. The number of nitrogens with zero attached hydrogens (tertiary/aromatic N) is 1. The van der Waals surface area contributed by atoms with Crippen molar-refractivity contribution >= 4 is 15.9 Å². The third kappa shape index (κ3) is 1.70. The number of alkyl halides is 1. The monoisotopic (exact) mass is 255 g/mol. The van der Waals surface area contributed by atoms with E-state index in [0.717, 1.165) is 0 Å². The number of rotatable bonds is 2. The largest absolute Gasteiger partial charge is 0.440 e. The highest BCUT2D eigenvalue weighted by atomic mass is 79.9. The second kappa shape index (κ2) is 3.92. The van der Waals surface area contributed by atoms with Crippen LogP contribution in [0, 0.1) is 5.82 Å². The number of halogens is 2. The molecule has 4 heteroatoms. The summed E-state index contributed by atoms with van der Waals surface area (Å²) in [4.78, 5) is 3.98. The van der Waals surface area contributed by atoms with E-state index in [-0.39, 0.29) is 5.82 Å². The minimum Gasteiger partial charge on any atom is -0.440 e. The molecular formula is C10H7BrFNO. The van der Waals surface area contributed by atoms with Crippen molar-refractivity contribution in [2.45, 2.75) is 5.33 Å². The minimum absolute atomic E-state index is 0.317. The van der Waals surface area contributed by atoms with Crippen molar-refractivity contribution in [3.63, 3.8) is 0 Å². The molecule has 0 spiro atoms. The molecule has 0 atom stereocenters. The van der Waals surface area contributed by atoms with Gasteiger partial charge in [0.1, 0.15) is 11.6 Å². The summed E-state index contributed by atoms with van der Waals surface area (Å²) < 4.78 is 18.6. The van der Waals surface area contributed by atoms with Crippen molar-refractivity contribution in [2.75, 3.05) is 0 Å². The van der Waals surface area contributed by atoms with Crippen LogP contribution in [0.2, 0.25) is 0 Å². The van der Waals surface area contributed by atoms with E-state index in [2.05, 4.69) is 20.9 Å². The lowest BCUT2D eigenvalue weighted by Gasteiger charge is -1.96. The van der Waals surface area contributed by atoms with E-state index in [1.807, 2.05) is 0 Å². The number of aromatic nitrogens is 1. The van der Waals surface area contributed by atoms with Gasteiger partial charge in [-0.15, -0.1) is 0 Å². The fourth-order valence-corrected chi connectivity index (χ4v) is 1.39. The molecule has 0 saturated carbocycles. The first-order chi connectivity index (χ1) is 6.81. The summed E-state index contributed by atoms with van der Waals surface area (Å²) in [6.07, 6.45) is 1.58. The number of benzene rings is 1. The highest BCUT2D eigenvalue weighted by molar-refractivity contribution is 9.08. The maximum atomic E-state index is 13.3. The van der Waals surface area contributed by atoms with Crippen molar-refractivity contribution in [1.29, 1.82) is 0 Å². The molecule has 0 aliphatic carbocycles. The van der Waals surface area contributed by atoms with Crippen LogP contribution >= 0.6 is 15.9 Å². The molecule has 2 nitrogen and oxygen atoms in total. The summed E-state index contributed by atoms with van der Waals surface area (Å²) in [7, 11) is 0. The predicted molar refractivity (Wildman–Crippen MR) is 54.5 cm³/mol. The van der Waals surface area contributed by atoms with Gasteiger partial charge in [-0.25, -0.2) is 9.37 Å². The average Bonchev–Trinajstić information content (AvgIpc) is 2.67. The molecule has 1 aromatic heterocycles. The standard InChI is InChI=1S/C10H7BrFNO/c11-5-7-6-13-10(14-7)8-3-1-2-4-9(8)12/h1-4,6H,5H2. The van der Waals surface area contributed by atoms with Gasteiger partial charge in [0.2, 0.25) is 5.89 Å². The number of oxazole rings is 1. The lowest BCUT2D eigenvalue weighted by molar-refractivity contribution is 0.532. The van der Waals surface area contributed by atoms with Gasteiger partial charge in [0.15, 0.2) is 0 Å². The Morgan fingerprint density at radius 2 is 2.14 bits per heavy atom. The van der Waals surface area contributed by atoms with Gasteiger partial charge >= 0.3 is 0 Å². The second-order valence-corrected chi connectivity index (χ2v) is 3.31. The van der Waals surface area contributed by atoms with E-state index >= 15 is 0 Å². The van der Waals surface area contributed by atoms with E-state index in [1.54, 1.807) is 24.4 Å². The van der Waals surface area contributed by atoms with E-state index in [9.17, 15) is 4.39 Å². The fraction of sp³-hybridized carbons (Fsp3) is 0.100. The van der Waals surface area contributed by atoms with Gasteiger partial charge < -0.3 is 4.42 Å². The maximum absolute atomic E-state index is 13.3. The third-order valence-corrected chi connectivity index (χ3v) is 2.34. The Kier molecular flexibility index (Phi) is 2.63. The molecule has 0 aliphatic heterocycles. The third-order valence-electron chi connectivity index (χ3n) is 1.79. The van der Waals surface area contributed by atoms with Gasteiger partial charge in [-0.2, -0.15) is 0 Å². The highest BCUT2D eigenvalue weighted by Crippen LogP contribution is 2.22. The van der Waals surface area contributed by atoms with Crippen LogP contribution in [0.25, 0.3) is 11.5 Å². The molecule has 0 bridgehead atoms. The summed E-state index contributed by atoms with van der Waals surface area (Å²) in [5.74, 6) is 0.677.